The van der Waals surface area contributed by atoms with E-state index in [1.165, 1.54) is 6.92 Å². The van der Waals surface area contributed by atoms with Gasteiger partial charge in [-0.05, 0) is 24.6 Å². The van der Waals surface area contributed by atoms with Crippen LogP contribution < -0.4 is 5.73 Å². The Morgan fingerprint density at radius 1 is 1.30 bits per heavy atom. The van der Waals surface area contributed by atoms with Crippen molar-refractivity contribution in [1.82, 2.24) is 0 Å². The second kappa shape index (κ2) is 6.30. The Morgan fingerprint density at radius 2 is 1.89 bits per heavy atom. The normalized spacial score (nSPS) is 19.9. The number of aliphatic carboxylic acids is 2. The average molecular weight is 388 g/mol. The monoisotopic (exact) mass is 388 g/mol. The van der Waals surface area contributed by atoms with Crippen LogP contribution in [0.3, 0.4) is 0 Å². The molecular weight excluding hydrogens is 377 g/mol. The van der Waals surface area contributed by atoms with Crippen LogP contribution in [0.1, 0.15) is 18.1 Å². The number of carbonyl (C=O) groups is 2. The van der Waals surface area contributed by atoms with Gasteiger partial charge in [0.15, 0.2) is 5.41 Å². The SMILES string of the molecule is CC1=CC(C(=O)O)(c2ccc([N+](=O)[O-])cc2C(F)(F)F)C(C(=O)O)=C(N)O1. The lowest BCUT2D eigenvalue weighted by molar-refractivity contribution is -0.385. The molecule has 0 saturated heterocycles. The molecule has 0 spiro atoms. The molecule has 0 amide bonds. The summed E-state index contributed by atoms with van der Waals surface area (Å²) in [6, 6.07) is 1.32. The molecule has 0 fully saturated rings. The van der Waals surface area contributed by atoms with Crippen molar-refractivity contribution in [2.45, 2.75) is 18.5 Å². The Morgan fingerprint density at radius 3 is 2.33 bits per heavy atom. The molecule has 0 aliphatic carbocycles. The van der Waals surface area contributed by atoms with E-state index in [-0.39, 0.29) is 11.8 Å². The van der Waals surface area contributed by atoms with Gasteiger partial charge in [-0.3, -0.25) is 14.9 Å². The molecule has 1 aliphatic heterocycles. The number of carboxylic acid groups (broad SMARTS) is 2. The van der Waals surface area contributed by atoms with Gasteiger partial charge in [-0.25, -0.2) is 4.79 Å². The van der Waals surface area contributed by atoms with Crippen LogP contribution in [0, 0.1) is 10.1 Å². The zero-order valence-corrected chi connectivity index (χ0v) is 13.4. The number of halogens is 3. The fourth-order valence-electron chi connectivity index (χ4n) is 2.82. The van der Waals surface area contributed by atoms with E-state index >= 15 is 0 Å². The smallest absolute Gasteiger partial charge is 0.416 e. The van der Waals surface area contributed by atoms with Crippen molar-refractivity contribution in [2.24, 2.45) is 5.73 Å². The van der Waals surface area contributed by atoms with Gasteiger partial charge in [0.2, 0.25) is 5.88 Å². The topological polar surface area (TPSA) is 153 Å². The predicted molar refractivity (Wildman–Crippen MR) is 81.1 cm³/mol. The number of benzene rings is 1. The summed E-state index contributed by atoms with van der Waals surface area (Å²) in [4.78, 5) is 33.4. The van der Waals surface area contributed by atoms with Crippen LogP contribution in [0.5, 0.6) is 0 Å². The Labute approximate surface area is 148 Å². The summed E-state index contributed by atoms with van der Waals surface area (Å²) >= 11 is 0. The van der Waals surface area contributed by atoms with Crippen LogP contribution in [0.2, 0.25) is 0 Å². The Kier molecular flexibility index (Phi) is 4.61. The lowest BCUT2D eigenvalue weighted by Crippen LogP contribution is -2.44. The van der Waals surface area contributed by atoms with E-state index in [2.05, 4.69) is 0 Å². The van der Waals surface area contributed by atoms with Gasteiger partial charge in [-0.1, -0.05) is 0 Å². The molecule has 1 atom stereocenters. The standard InChI is InChI=1S/C15H11F3N2O7/c1-6-5-14(13(23)24,10(12(21)22)11(19)27-6)8-3-2-7(20(25)26)4-9(8)15(16,17)18/h2-5H,19H2,1H3,(H,21,22)(H,23,24). The molecule has 4 N–H and O–H groups in total. The molecule has 0 radical (unpaired) electrons. The van der Waals surface area contributed by atoms with Crippen molar-refractivity contribution >= 4 is 17.6 Å². The maximum absolute atomic E-state index is 13.5. The van der Waals surface area contributed by atoms with Gasteiger partial charge >= 0.3 is 18.1 Å². The van der Waals surface area contributed by atoms with E-state index in [9.17, 15) is 43.1 Å². The minimum Gasteiger partial charge on any atom is -0.480 e. The Balaban J connectivity index is 3.01. The largest absolute Gasteiger partial charge is 0.480 e. The zero-order chi connectivity index (χ0) is 20.7. The average Bonchev–Trinajstić information content (AvgIpc) is 2.51. The van der Waals surface area contributed by atoms with Gasteiger partial charge in [-0.2, -0.15) is 13.2 Å². The molecular formula is C15H11F3N2O7. The van der Waals surface area contributed by atoms with Crippen LogP contribution in [0.4, 0.5) is 18.9 Å². The number of carboxylic acids is 2. The molecule has 0 saturated carbocycles. The molecule has 1 heterocycles. The second-order valence-corrected chi connectivity index (χ2v) is 5.50. The minimum absolute atomic E-state index is 0.133. The third kappa shape index (κ3) is 3.16. The number of hydrogen-bond donors (Lipinski definition) is 3. The van der Waals surface area contributed by atoms with Gasteiger partial charge in [0, 0.05) is 12.1 Å². The van der Waals surface area contributed by atoms with E-state index in [0.717, 1.165) is 0 Å². The van der Waals surface area contributed by atoms with E-state index < -0.39 is 56.7 Å². The highest BCUT2D eigenvalue weighted by Crippen LogP contribution is 2.46. The number of nitro groups is 1. The van der Waals surface area contributed by atoms with E-state index in [0.29, 0.717) is 18.2 Å². The summed E-state index contributed by atoms with van der Waals surface area (Å²) in [5.74, 6) is -5.07. The summed E-state index contributed by atoms with van der Waals surface area (Å²) in [6.07, 6.45) is -4.56. The zero-order valence-electron chi connectivity index (χ0n) is 13.4. The first kappa shape index (κ1) is 19.8. The maximum Gasteiger partial charge on any atom is 0.416 e. The van der Waals surface area contributed by atoms with Gasteiger partial charge in [0.05, 0.1) is 10.5 Å². The molecule has 1 unspecified atom stereocenters. The molecule has 1 aromatic carbocycles. The number of ether oxygens (including phenoxy) is 1. The molecule has 9 nitrogen and oxygen atoms in total. The van der Waals surface area contributed by atoms with Crippen LogP contribution in [-0.2, 0) is 25.9 Å². The second-order valence-electron chi connectivity index (χ2n) is 5.50. The van der Waals surface area contributed by atoms with Crippen molar-refractivity contribution in [3.63, 3.8) is 0 Å². The summed E-state index contributed by atoms with van der Waals surface area (Å²) < 4.78 is 45.5. The number of allylic oxidation sites excluding steroid dienone is 1. The van der Waals surface area contributed by atoms with Crippen LogP contribution >= 0.6 is 0 Å². The van der Waals surface area contributed by atoms with E-state index in [4.69, 9.17) is 10.5 Å². The molecule has 0 aromatic heterocycles. The van der Waals surface area contributed by atoms with Gasteiger partial charge in [0.25, 0.3) is 5.69 Å². The van der Waals surface area contributed by atoms with Crippen molar-refractivity contribution in [1.29, 1.82) is 0 Å². The van der Waals surface area contributed by atoms with Crippen molar-refractivity contribution in [3.05, 3.63) is 62.7 Å². The summed E-state index contributed by atoms with van der Waals surface area (Å²) in [7, 11) is 0. The number of nitro benzene ring substituents is 1. The van der Waals surface area contributed by atoms with Crippen molar-refractivity contribution < 1.29 is 42.6 Å². The fraction of sp³-hybridized carbons (Fsp3) is 0.200. The first-order chi connectivity index (χ1) is 12.3. The Hall–Kier alpha value is -3.57. The Bertz CT molecular complexity index is 920. The summed E-state index contributed by atoms with van der Waals surface area (Å²) in [5.41, 5.74) is -2.27. The highest BCUT2D eigenvalue weighted by molar-refractivity contribution is 6.03. The van der Waals surface area contributed by atoms with E-state index in [1.807, 2.05) is 0 Å². The molecule has 1 aliphatic rings. The number of nitrogens with zero attached hydrogens (tertiary/aromatic N) is 1. The van der Waals surface area contributed by atoms with Gasteiger partial charge < -0.3 is 20.7 Å². The van der Waals surface area contributed by atoms with Crippen LogP contribution in [-0.4, -0.2) is 27.1 Å². The van der Waals surface area contributed by atoms with Gasteiger partial charge in [-0.15, -0.1) is 0 Å². The number of non-ortho nitro benzene ring substituents is 1. The van der Waals surface area contributed by atoms with Crippen molar-refractivity contribution in [2.75, 3.05) is 0 Å². The third-order valence-electron chi connectivity index (χ3n) is 3.83. The van der Waals surface area contributed by atoms with Crippen LogP contribution in [0.15, 0.2) is 41.5 Å². The van der Waals surface area contributed by atoms with Crippen LogP contribution in [0.25, 0.3) is 0 Å². The number of alkyl halides is 3. The fourth-order valence-corrected chi connectivity index (χ4v) is 2.82. The first-order valence-corrected chi connectivity index (χ1v) is 7.02. The number of hydrogen-bond acceptors (Lipinski definition) is 6. The van der Waals surface area contributed by atoms with Crippen molar-refractivity contribution in [3.8, 4) is 0 Å². The highest BCUT2D eigenvalue weighted by atomic mass is 19.4. The maximum atomic E-state index is 13.5. The quantitative estimate of drug-likeness (QED) is 0.524. The lowest BCUT2D eigenvalue weighted by atomic mass is 9.70. The first-order valence-electron chi connectivity index (χ1n) is 7.02. The predicted octanol–water partition coefficient (Wildman–Crippen LogP) is 2.12. The molecule has 12 heteroatoms. The number of nitrogens with two attached hydrogens (primary N) is 1. The summed E-state index contributed by atoms with van der Waals surface area (Å²) in [6.45, 7) is 1.17. The number of rotatable bonds is 4. The highest BCUT2D eigenvalue weighted by Gasteiger charge is 2.54. The lowest BCUT2D eigenvalue weighted by Gasteiger charge is -2.33. The van der Waals surface area contributed by atoms with Gasteiger partial charge in [0.1, 0.15) is 11.3 Å². The summed E-state index contributed by atoms with van der Waals surface area (Å²) in [5, 5.41) is 29.9. The molecule has 0 bridgehead atoms. The van der Waals surface area contributed by atoms with E-state index in [1.54, 1.807) is 0 Å². The molecule has 1 aromatic rings. The molecule has 2 rings (SSSR count). The minimum atomic E-state index is -5.22. The molecule has 144 valence electrons. The molecule has 27 heavy (non-hydrogen) atoms. The third-order valence-corrected chi connectivity index (χ3v) is 3.83.